The smallest absolute Gasteiger partial charge is 0.308 e. The van der Waals surface area contributed by atoms with Gasteiger partial charge in [-0.3, -0.25) is 14.6 Å². The molecule has 3 N–H and O–H groups in total. The first-order chi connectivity index (χ1) is 15.9. The van der Waals surface area contributed by atoms with E-state index in [1.165, 1.54) is 0 Å². The Balaban J connectivity index is 1.22. The van der Waals surface area contributed by atoms with Crippen LogP contribution in [0.3, 0.4) is 0 Å². The molecule has 1 amide bonds. The third-order valence-corrected chi connectivity index (χ3v) is 6.76. The largest absolute Gasteiger partial charge is 0.489 e. The van der Waals surface area contributed by atoms with Crippen molar-refractivity contribution in [3.8, 4) is 5.75 Å². The zero-order valence-electron chi connectivity index (χ0n) is 18.5. The van der Waals surface area contributed by atoms with Crippen LogP contribution in [0.2, 0.25) is 0 Å². The summed E-state index contributed by atoms with van der Waals surface area (Å²) in [7, 11) is 0. The van der Waals surface area contributed by atoms with Gasteiger partial charge in [-0.2, -0.15) is 0 Å². The number of aryl methyl sites for hydroxylation is 1. The van der Waals surface area contributed by atoms with Gasteiger partial charge in [0.25, 0.3) is 0 Å². The Hall–Kier alpha value is -3.45. The SMILES string of the molecule is Cc1cc(COc2ccc(NC(=O)[C@H]3NCC4(CC4)C[C@@H]3C(=O)O)cc2)c2ccccc2n1. The van der Waals surface area contributed by atoms with Gasteiger partial charge in [-0.05, 0) is 68.0 Å². The fourth-order valence-electron chi connectivity index (χ4n) is 4.72. The molecule has 0 unspecified atom stereocenters. The average molecular weight is 446 g/mol. The first-order valence-electron chi connectivity index (χ1n) is 11.3. The fourth-order valence-corrected chi connectivity index (χ4v) is 4.72. The molecule has 1 aliphatic heterocycles. The maximum absolute atomic E-state index is 12.8. The Morgan fingerprint density at radius 3 is 2.67 bits per heavy atom. The molecule has 2 atom stereocenters. The maximum atomic E-state index is 12.8. The molecule has 33 heavy (non-hydrogen) atoms. The number of nitrogens with one attached hydrogen (secondary N) is 2. The number of carboxylic acid groups (broad SMARTS) is 1. The Labute approximate surface area is 192 Å². The molecule has 1 saturated carbocycles. The number of fused-ring (bicyclic) bond motifs is 1. The van der Waals surface area contributed by atoms with E-state index in [1.54, 1.807) is 24.3 Å². The average Bonchev–Trinajstić information content (AvgIpc) is 3.56. The van der Waals surface area contributed by atoms with Gasteiger partial charge in [0, 0.05) is 28.9 Å². The van der Waals surface area contributed by atoms with Gasteiger partial charge >= 0.3 is 5.97 Å². The molecule has 3 aromatic rings. The van der Waals surface area contributed by atoms with Gasteiger partial charge in [0.05, 0.1) is 11.4 Å². The molecule has 1 aromatic heterocycles. The number of hydrogen-bond donors (Lipinski definition) is 3. The molecule has 0 radical (unpaired) electrons. The third kappa shape index (κ3) is 4.54. The summed E-state index contributed by atoms with van der Waals surface area (Å²) in [4.78, 5) is 29.1. The van der Waals surface area contributed by atoms with Crippen LogP contribution in [0.1, 0.15) is 30.5 Å². The molecule has 7 nitrogen and oxygen atoms in total. The van der Waals surface area contributed by atoms with Gasteiger partial charge in [0.1, 0.15) is 18.4 Å². The van der Waals surface area contributed by atoms with Crippen LogP contribution in [0.5, 0.6) is 5.75 Å². The van der Waals surface area contributed by atoms with Crippen molar-refractivity contribution in [2.75, 3.05) is 11.9 Å². The number of carbonyl (C=O) groups excluding carboxylic acids is 1. The monoisotopic (exact) mass is 445 g/mol. The zero-order valence-corrected chi connectivity index (χ0v) is 18.5. The number of carboxylic acids is 1. The summed E-state index contributed by atoms with van der Waals surface area (Å²) in [6, 6.07) is 16.4. The standard InChI is InChI=1S/C26H27N3O4/c1-16-12-17(20-4-2-3-5-22(20)28-16)14-33-19-8-6-18(7-9-19)29-24(30)23-21(25(31)32)13-26(10-11-26)15-27-23/h2-9,12,21,23,27H,10-11,13-15H2,1H3,(H,29,30)(H,31,32)/t21-,23-/m0/s1. The number of carbonyl (C=O) groups is 2. The molecule has 2 heterocycles. The van der Waals surface area contributed by atoms with E-state index in [1.807, 2.05) is 37.3 Å². The predicted molar refractivity (Wildman–Crippen MR) is 125 cm³/mol. The lowest BCUT2D eigenvalue weighted by atomic mass is 9.82. The highest BCUT2D eigenvalue weighted by molar-refractivity contribution is 5.97. The van der Waals surface area contributed by atoms with Gasteiger partial charge in [-0.1, -0.05) is 18.2 Å². The molecule has 2 aliphatic rings. The molecule has 2 aromatic carbocycles. The lowest BCUT2D eigenvalue weighted by Gasteiger charge is -2.34. The Kier molecular flexibility index (Phi) is 5.50. The van der Waals surface area contributed by atoms with Crippen LogP contribution in [0.15, 0.2) is 54.6 Å². The molecule has 5 rings (SSSR count). The van der Waals surface area contributed by atoms with Crippen molar-refractivity contribution >= 4 is 28.5 Å². The number of ether oxygens (including phenoxy) is 1. The highest BCUT2D eigenvalue weighted by Crippen LogP contribution is 2.52. The second-order valence-electron chi connectivity index (χ2n) is 9.25. The van der Waals surface area contributed by atoms with E-state index in [2.05, 4.69) is 15.6 Å². The number of para-hydroxylation sites is 1. The minimum atomic E-state index is -0.920. The van der Waals surface area contributed by atoms with E-state index < -0.39 is 17.9 Å². The van der Waals surface area contributed by atoms with Gasteiger partial charge in [0.15, 0.2) is 0 Å². The van der Waals surface area contributed by atoms with Crippen LogP contribution >= 0.6 is 0 Å². The van der Waals surface area contributed by atoms with Crippen LogP contribution < -0.4 is 15.4 Å². The number of nitrogens with zero attached hydrogens (tertiary/aromatic N) is 1. The van der Waals surface area contributed by atoms with Crippen LogP contribution in [-0.2, 0) is 16.2 Å². The number of anilines is 1. The fraction of sp³-hybridized carbons (Fsp3) is 0.346. The predicted octanol–water partition coefficient (Wildman–Crippen LogP) is 3.90. The summed E-state index contributed by atoms with van der Waals surface area (Å²) in [6.07, 6.45) is 2.63. The van der Waals surface area contributed by atoms with Crippen molar-refractivity contribution in [2.24, 2.45) is 11.3 Å². The summed E-state index contributed by atoms with van der Waals surface area (Å²) in [6.45, 7) is 3.07. The quantitative estimate of drug-likeness (QED) is 0.532. The number of aromatic nitrogens is 1. The van der Waals surface area contributed by atoms with E-state index in [-0.39, 0.29) is 11.3 Å². The number of benzene rings is 2. The second kappa shape index (κ2) is 8.48. The highest BCUT2D eigenvalue weighted by atomic mass is 16.5. The van der Waals surface area contributed by atoms with Crippen molar-refractivity contribution in [1.29, 1.82) is 0 Å². The van der Waals surface area contributed by atoms with E-state index >= 15 is 0 Å². The van der Waals surface area contributed by atoms with E-state index in [9.17, 15) is 14.7 Å². The lowest BCUT2D eigenvalue weighted by Crippen LogP contribution is -2.55. The molecule has 0 bridgehead atoms. The van der Waals surface area contributed by atoms with E-state index in [4.69, 9.17) is 4.74 Å². The van der Waals surface area contributed by atoms with Crippen molar-refractivity contribution in [3.63, 3.8) is 0 Å². The Morgan fingerprint density at radius 2 is 1.94 bits per heavy atom. The summed E-state index contributed by atoms with van der Waals surface area (Å²) in [5.74, 6) is -1.26. The number of rotatable bonds is 6. The van der Waals surface area contributed by atoms with Crippen LogP contribution in [0.25, 0.3) is 10.9 Å². The second-order valence-corrected chi connectivity index (χ2v) is 9.25. The van der Waals surface area contributed by atoms with Crippen LogP contribution in [0, 0.1) is 18.3 Å². The van der Waals surface area contributed by atoms with Crippen molar-refractivity contribution < 1.29 is 19.4 Å². The molecule has 1 spiro atoms. The third-order valence-electron chi connectivity index (χ3n) is 6.76. The zero-order chi connectivity index (χ0) is 23.0. The number of aliphatic carboxylic acids is 1. The summed E-state index contributed by atoms with van der Waals surface area (Å²) >= 11 is 0. The molecule has 170 valence electrons. The summed E-state index contributed by atoms with van der Waals surface area (Å²) in [5, 5.41) is 16.7. The Morgan fingerprint density at radius 1 is 1.18 bits per heavy atom. The summed E-state index contributed by atoms with van der Waals surface area (Å²) < 4.78 is 5.98. The van der Waals surface area contributed by atoms with Crippen LogP contribution in [-0.4, -0.2) is 34.6 Å². The normalized spacial score (nSPS) is 21.0. The minimum absolute atomic E-state index is 0.0809. The van der Waals surface area contributed by atoms with Gasteiger partial charge in [-0.15, -0.1) is 0 Å². The lowest BCUT2D eigenvalue weighted by molar-refractivity contribution is -0.147. The Bertz CT molecular complexity index is 1200. The highest BCUT2D eigenvalue weighted by Gasteiger charge is 2.52. The number of pyridine rings is 1. The van der Waals surface area contributed by atoms with Gasteiger partial charge in [0.2, 0.25) is 5.91 Å². The number of piperidine rings is 1. The molecule has 1 aliphatic carbocycles. The van der Waals surface area contributed by atoms with Gasteiger partial charge < -0.3 is 20.5 Å². The van der Waals surface area contributed by atoms with Crippen molar-refractivity contribution in [2.45, 2.75) is 38.8 Å². The maximum Gasteiger partial charge on any atom is 0.308 e. The first-order valence-corrected chi connectivity index (χ1v) is 11.3. The van der Waals surface area contributed by atoms with Crippen LogP contribution in [0.4, 0.5) is 5.69 Å². The molecular formula is C26H27N3O4. The number of hydrogen-bond acceptors (Lipinski definition) is 5. The molecular weight excluding hydrogens is 418 g/mol. The van der Waals surface area contributed by atoms with Crippen molar-refractivity contribution in [3.05, 3.63) is 65.9 Å². The summed E-state index contributed by atoms with van der Waals surface area (Å²) in [5.41, 5.74) is 3.63. The van der Waals surface area contributed by atoms with Gasteiger partial charge in [-0.25, -0.2) is 0 Å². The topological polar surface area (TPSA) is 101 Å². The van der Waals surface area contributed by atoms with E-state index in [0.29, 0.717) is 31.0 Å². The van der Waals surface area contributed by atoms with E-state index in [0.717, 1.165) is 35.0 Å². The molecule has 2 fully saturated rings. The molecule has 1 saturated heterocycles. The first kappa shape index (κ1) is 21.4. The minimum Gasteiger partial charge on any atom is -0.489 e. The number of amides is 1. The van der Waals surface area contributed by atoms with Crippen molar-refractivity contribution in [1.82, 2.24) is 10.3 Å². The molecule has 7 heteroatoms.